The molecule has 12 nitrogen and oxygen atoms in total. The van der Waals surface area contributed by atoms with Gasteiger partial charge in [-0.05, 0) is 51.0 Å². The highest BCUT2D eigenvalue weighted by atomic mass is 16.6. The van der Waals surface area contributed by atoms with Crippen LogP contribution in [0.5, 0.6) is 5.75 Å². The first-order chi connectivity index (χ1) is 20.2. The molecule has 2 aromatic carbocycles. The Morgan fingerprint density at radius 1 is 1.00 bits per heavy atom. The summed E-state index contributed by atoms with van der Waals surface area (Å²) in [6.07, 6.45) is 1.41. The van der Waals surface area contributed by atoms with E-state index in [9.17, 15) is 24.5 Å². The summed E-state index contributed by atoms with van der Waals surface area (Å²) in [6.45, 7) is 5.22. The van der Waals surface area contributed by atoms with Crippen LogP contribution in [-0.2, 0) is 28.6 Å². The van der Waals surface area contributed by atoms with Gasteiger partial charge in [-0.3, -0.25) is 14.9 Å². The van der Waals surface area contributed by atoms with Gasteiger partial charge in [0, 0.05) is 42.2 Å². The van der Waals surface area contributed by atoms with E-state index in [1.54, 1.807) is 44.2 Å². The van der Waals surface area contributed by atoms with Crippen LogP contribution in [0.4, 0.5) is 11.4 Å². The van der Waals surface area contributed by atoms with E-state index >= 15 is 0 Å². The van der Waals surface area contributed by atoms with Gasteiger partial charge in [-0.25, -0.2) is 9.59 Å². The predicted molar refractivity (Wildman–Crippen MR) is 152 cm³/mol. The lowest BCUT2D eigenvalue weighted by Crippen LogP contribution is -2.33. The Bertz CT molecular complexity index is 1410. The minimum absolute atomic E-state index is 0.0201. The summed E-state index contributed by atoms with van der Waals surface area (Å²) in [5.74, 6) is -2.27. The van der Waals surface area contributed by atoms with Gasteiger partial charge in [0.05, 0.1) is 28.1 Å². The molecule has 0 bridgehead atoms. The maximum atomic E-state index is 13.5. The van der Waals surface area contributed by atoms with E-state index in [1.165, 1.54) is 25.1 Å². The number of nitrogens with zero attached hydrogens (tertiary/aromatic N) is 1. The molecule has 1 amide bonds. The fraction of sp³-hybridized carbons (Fsp3) is 0.367. The number of hydrogen-bond acceptors (Lipinski definition) is 10. The van der Waals surface area contributed by atoms with Gasteiger partial charge in [-0.2, -0.15) is 0 Å². The van der Waals surface area contributed by atoms with Crippen LogP contribution in [-0.4, -0.2) is 55.3 Å². The molecular weight excluding hydrogens is 546 g/mol. The van der Waals surface area contributed by atoms with E-state index in [0.29, 0.717) is 29.4 Å². The number of amides is 1. The number of dihydropyridines is 1. The Balaban J connectivity index is 1.53. The van der Waals surface area contributed by atoms with Gasteiger partial charge in [0.1, 0.15) is 25.6 Å². The second-order valence-corrected chi connectivity index (χ2v) is 9.87. The molecule has 0 saturated carbocycles. The number of hydrogen-bond donors (Lipinski definition) is 2. The third kappa shape index (κ3) is 7.32. The monoisotopic (exact) mass is 579 g/mol. The molecule has 0 aromatic heterocycles. The molecule has 2 aliphatic heterocycles. The number of para-hydroxylation sites is 1. The zero-order valence-corrected chi connectivity index (χ0v) is 23.6. The minimum atomic E-state index is -1.11. The van der Waals surface area contributed by atoms with Crippen molar-refractivity contribution < 1.29 is 38.3 Å². The quantitative estimate of drug-likeness (QED) is 0.172. The summed E-state index contributed by atoms with van der Waals surface area (Å²) in [4.78, 5) is 49.5. The number of carbonyl (C=O) groups excluding carboxylic acids is 3. The molecule has 1 saturated heterocycles. The predicted octanol–water partition coefficient (Wildman–Crippen LogP) is 4.13. The highest BCUT2D eigenvalue weighted by molar-refractivity contribution is 6.00. The molecule has 42 heavy (non-hydrogen) atoms. The van der Waals surface area contributed by atoms with Gasteiger partial charge in [0.15, 0.2) is 0 Å². The number of rotatable bonds is 11. The number of anilines is 1. The molecule has 0 spiro atoms. The number of allylic oxidation sites excluding steroid dienone is 2. The van der Waals surface area contributed by atoms with Crippen LogP contribution in [0.3, 0.4) is 0 Å². The molecule has 0 aliphatic carbocycles. The highest BCUT2D eigenvalue weighted by Gasteiger charge is 2.41. The standard InChI is InChI=1S/C30H33N3O9/c1-18-26(29(35)41-16-15-40-22-12-10-21(11-13-22)32-20(3)34)28(24-8-4-5-9-25(24)33(37)38)27(19(2)31-18)30(36)42-17-23-7-6-14-39-23/h4-5,8-13,23,28,31H,6-7,14-17H2,1-3H3,(H,32,34). The van der Waals surface area contributed by atoms with Crippen LogP contribution in [0, 0.1) is 10.1 Å². The zero-order valence-electron chi connectivity index (χ0n) is 23.6. The Hall–Kier alpha value is -4.71. The van der Waals surface area contributed by atoms with Crippen LogP contribution < -0.4 is 15.4 Å². The van der Waals surface area contributed by atoms with Crippen molar-refractivity contribution in [1.82, 2.24) is 5.32 Å². The summed E-state index contributed by atoms with van der Waals surface area (Å²) >= 11 is 0. The average molecular weight is 580 g/mol. The minimum Gasteiger partial charge on any atom is -0.490 e. The van der Waals surface area contributed by atoms with E-state index in [4.69, 9.17) is 18.9 Å². The molecule has 222 valence electrons. The first-order valence-electron chi connectivity index (χ1n) is 13.5. The molecule has 2 atom stereocenters. The van der Waals surface area contributed by atoms with Gasteiger partial charge >= 0.3 is 11.9 Å². The smallest absolute Gasteiger partial charge is 0.336 e. The lowest BCUT2D eigenvalue weighted by atomic mass is 9.79. The van der Waals surface area contributed by atoms with E-state index in [-0.39, 0.29) is 54.2 Å². The Labute approximate surface area is 242 Å². The summed E-state index contributed by atoms with van der Waals surface area (Å²) in [7, 11) is 0. The van der Waals surface area contributed by atoms with Gasteiger partial charge in [-0.1, -0.05) is 18.2 Å². The fourth-order valence-corrected chi connectivity index (χ4v) is 4.98. The van der Waals surface area contributed by atoms with Gasteiger partial charge in [-0.15, -0.1) is 0 Å². The Morgan fingerprint density at radius 2 is 1.67 bits per heavy atom. The van der Waals surface area contributed by atoms with Crippen molar-refractivity contribution in [1.29, 1.82) is 0 Å². The second-order valence-electron chi connectivity index (χ2n) is 9.87. The summed E-state index contributed by atoms with van der Waals surface area (Å²) in [6, 6.07) is 12.7. The molecule has 12 heteroatoms. The zero-order chi connectivity index (χ0) is 30.2. The van der Waals surface area contributed by atoms with Crippen LogP contribution in [0.25, 0.3) is 0 Å². The lowest BCUT2D eigenvalue weighted by Gasteiger charge is -2.30. The summed E-state index contributed by atoms with van der Waals surface area (Å²) in [5.41, 5.74) is 1.47. The van der Waals surface area contributed by atoms with Crippen molar-refractivity contribution in [3.8, 4) is 5.75 Å². The molecule has 2 aliphatic rings. The lowest BCUT2D eigenvalue weighted by molar-refractivity contribution is -0.385. The summed E-state index contributed by atoms with van der Waals surface area (Å²) in [5, 5.41) is 17.7. The third-order valence-corrected chi connectivity index (χ3v) is 6.83. The first-order valence-corrected chi connectivity index (χ1v) is 13.5. The van der Waals surface area contributed by atoms with Crippen LogP contribution in [0.15, 0.2) is 71.1 Å². The van der Waals surface area contributed by atoms with Gasteiger partial charge in [0.2, 0.25) is 5.91 Å². The number of nitrogens with one attached hydrogen (secondary N) is 2. The van der Waals surface area contributed by atoms with E-state index in [1.807, 2.05) is 0 Å². The summed E-state index contributed by atoms with van der Waals surface area (Å²) < 4.78 is 22.3. The third-order valence-electron chi connectivity index (χ3n) is 6.83. The highest BCUT2D eigenvalue weighted by Crippen LogP contribution is 2.42. The Kier molecular flexibility index (Phi) is 9.92. The number of nitro groups is 1. The molecule has 2 unspecified atom stereocenters. The van der Waals surface area contributed by atoms with Crippen LogP contribution in [0.1, 0.15) is 45.1 Å². The largest absolute Gasteiger partial charge is 0.490 e. The number of benzene rings is 2. The van der Waals surface area contributed by atoms with Crippen LogP contribution >= 0.6 is 0 Å². The van der Waals surface area contributed by atoms with Crippen molar-refractivity contribution in [3.05, 3.63) is 86.7 Å². The molecular formula is C30H33N3O9. The maximum absolute atomic E-state index is 13.5. The van der Waals surface area contributed by atoms with Crippen LogP contribution in [0.2, 0.25) is 0 Å². The molecule has 2 heterocycles. The SMILES string of the molecule is CC(=O)Nc1ccc(OCCOC(=O)C2=C(C)NC(C)=C(C(=O)OCC3CCCO3)C2c2ccccc2[N+](=O)[O-])cc1. The van der Waals surface area contributed by atoms with Gasteiger partial charge < -0.3 is 29.6 Å². The fourth-order valence-electron chi connectivity index (χ4n) is 4.98. The molecule has 2 N–H and O–H groups in total. The Morgan fingerprint density at radius 3 is 2.29 bits per heavy atom. The van der Waals surface area contributed by atoms with E-state index in [2.05, 4.69) is 10.6 Å². The van der Waals surface area contributed by atoms with Crippen molar-refractivity contribution >= 4 is 29.2 Å². The first kappa shape index (κ1) is 30.3. The normalized spacial score (nSPS) is 18.3. The molecule has 2 aromatic rings. The topological polar surface area (TPSA) is 155 Å². The average Bonchev–Trinajstić information content (AvgIpc) is 3.48. The molecule has 0 radical (unpaired) electrons. The number of ether oxygens (including phenoxy) is 4. The van der Waals surface area contributed by atoms with E-state index in [0.717, 1.165) is 12.8 Å². The molecule has 4 rings (SSSR count). The number of esters is 2. The van der Waals surface area contributed by atoms with E-state index < -0.39 is 22.8 Å². The van der Waals surface area contributed by atoms with Gasteiger partial charge in [0.25, 0.3) is 5.69 Å². The number of nitro benzene ring substituents is 1. The van der Waals surface area contributed by atoms with Crippen molar-refractivity contribution in [2.24, 2.45) is 0 Å². The second kappa shape index (κ2) is 13.8. The van der Waals surface area contributed by atoms with Crippen molar-refractivity contribution in [2.45, 2.75) is 45.6 Å². The van der Waals surface area contributed by atoms with Crippen molar-refractivity contribution in [2.75, 3.05) is 31.7 Å². The maximum Gasteiger partial charge on any atom is 0.336 e. The molecule has 1 fully saturated rings. The number of carbonyl (C=O) groups is 3. The van der Waals surface area contributed by atoms with Crippen molar-refractivity contribution in [3.63, 3.8) is 0 Å².